The Kier molecular flexibility index (Phi) is 5.26. The molecular formula is C14H28N2O. The maximum atomic E-state index is 6.10. The quantitative estimate of drug-likeness (QED) is 0.794. The van der Waals surface area contributed by atoms with E-state index in [-0.39, 0.29) is 0 Å². The number of piperidine rings is 1. The predicted molar refractivity (Wildman–Crippen MR) is 71.3 cm³/mol. The lowest BCUT2D eigenvalue weighted by atomic mass is 10.00. The van der Waals surface area contributed by atoms with E-state index >= 15 is 0 Å². The second kappa shape index (κ2) is 6.72. The molecule has 2 aliphatic rings. The van der Waals surface area contributed by atoms with E-state index in [4.69, 9.17) is 4.74 Å². The third kappa shape index (κ3) is 4.23. The molecule has 0 amide bonds. The van der Waals surface area contributed by atoms with Gasteiger partial charge in [-0.1, -0.05) is 13.8 Å². The fourth-order valence-electron chi connectivity index (χ4n) is 3.11. The lowest BCUT2D eigenvalue weighted by Crippen LogP contribution is -2.39. The van der Waals surface area contributed by atoms with Crippen LogP contribution in [0.4, 0.5) is 0 Å². The van der Waals surface area contributed by atoms with Crippen LogP contribution in [0.25, 0.3) is 0 Å². The van der Waals surface area contributed by atoms with Crippen LogP contribution in [0.1, 0.15) is 39.5 Å². The van der Waals surface area contributed by atoms with Gasteiger partial charge in [-0.25, -0.2) is 0 Å². The Hall–Kier alpha value is -0.120. The van der Waals surface area contributed by atoms with Gasteiger partial charge < -0.3 is 15.0 Å². The molecule has 17 heavy (non-hydrogen) atoms. The van der Waals surface area contributed by atoms with Crippen LogP contribution < -0.4 is 5.32 Å². The molecule has 0 aromatic heterocycles. The number of likely N-dealkylation sites (N-methyl/N-ethyl adjacent to an activating group) is 1. The molecule has 2 fully saturated rings. The van der Waals surface area contributed by atoms with Crippen LogP contribution in [0.5, 0.6) is 0 Å². The van der Waals surface area contributed by atoms with E-state index in [9.17, 15) is 0 Å². The first-order chi connectivity index (χ1) is 8.28. The molecule has 0 aromatic rings. The van der Waals surface area contributed by atoms with Crippen molar-refractivity contribution in [3.8, 4) is 0 Å². The average Bonchev–Trinajstić information content (AvgIpc) is 2.74. The SMILES string of the molecule is CCNCC1CCC(CN2CCCC(C)C2)O1. The Bertz CT molecular complexity index is 222. The molecule has 2 heterocycles. The summed E-state index contributed by atoms with van der Waals surface area (Å²) in [6.07, 6.45) is 6.22. The molecule has 0 saturated carbocycles. The molecule has 0 bridgehead atoms. The molecule has 3 atom stereocenters. The molecule has 3 nitrogen and oxygen atoms in total. The number of hydrogen-bond donors (Lipinski definition) is 1. The zero-order chi connectivity index (χ0) is 12.1. The number of rotatable bonds is 5. The zero-order valence-electron chi connectivity index (χ0n) is 11.5. The van der Waals surface area contributed by atoms with Gasteiger partial charge in [0.1, 0.15) is 0 Å². The lowest BCUT2D eigenvalue weighted by molar-refractivity contribution is 0.0160. The number of ether oxygens (including phenoxy) is 1. The minimum atomic E-state index is 0.460. The van der Waals surface area contributed by atoms with Gasteiger partial charge in [-0.2, -0.15) is 0 Å². The van der Waals surface area contributed by atoms with Gasteiger partial charge in [-0.3, -0.25) is 0 Å². The van der Waals surface area contributed by atoms with Gasteiger partial charge in [0, 0.05) is 19.6 Å². The molecule has 3 unspecified atom stereocenters. The highest BCUT2D eigenvalue weighted by atomic mass is 16.5. The average molecular weight is 240 g/mol. The van der Waals surface area contributed by atoms with Crippen molar-refractivity contribution in [2.75, 3.05) is 32.7 Å². The highest BCUT2D eigenvalue weighted by molar-refractivity contribution is 4.80. The standard InChI is InChI=1S/C14H28N2O/c1-3-15-9-13-6-7-14(17-13)11-16-8-4-5-12(2)10-16/h12-15H,3-11H2,1-2H3. The lowest BCUT2D eigenvalue weighted by Gasteiger charge is -2.32. The Morgan fingerprint density at radius 2 is 2.06 bits per heavy atom. The highest BCUT2D eigenvalue weighted by Crippen LogP contribution is 2.22. The van der Waals surface area contributed by atoms with Gasteiger partial charge in [0.25, 0.3) is 0 Å². The summed E-state index contributed by atoms with van der Waals surface area (Å²) >= 11 is 0. The Balaban J connectivity index is 1.66. The van der Waals surface area contributed by atoms with E-state index in [0.717, 1.165) is 25.6 Å². The number of nitrogens with one attached hydrogen (secondary N) is 1. The summed E-state index contributed by atoms with van der Waals surface area (Å²) in [4.78, 5) is 2.61. The topological polar surface area (TPSA) is 24.5 Å². The molecule has 100 valence electrons. The van der Waals surface area contributed by atoms with Crippen molar-refractivity contribution in [1.82, 2.24) is 10.2 Å². The fourth-order valence-corrected chi connectivity index (χ4v) is 3.11. The van der Waals surface area contributed by atoms with Crippen LogP contribution in [0.2, 0.25) is 0 Å². The molecule has 2 rings (SSSR count). The van der Waals surface area contributed by atoms with E-state index in [1.165, 1.54) is 38.8 Å². The maximum absolute atomic E-state index is 6.10. The Morgan fingerprint density at radius 3 is 2.82 bits per heavy atom. The third-order valence-electron chi connectivity index (χ3n) is 4.02. The van der Waals surface area contributed by atoms with Crippen molar-refractivity contribution < 1.29 is 4.74 Å². The number of hydrogen-bond acceptors (Lipinski definition) is 3. The first-order valence-corrected chi connectivity index (χ1v) is 7.36. The van der Waals surface area contributed by atoms with E-state index in [2.05, 4.69) is 24.1 Å². The van der Waals surface area contributed by atoms with E-state index < -0.39 is 0 Å². The molecule has 2 saturated heterocycles. The highest BCUT2D eigenvalue weighted by Gasteiger charge is 2.27. The van der Waals surface area contributed by atoms with Crippen molar-refractivity contribution in [2.24, 2.45) is 5.92 Å². The second-order valence-corrected chi connectivity index (χ2v) is 5.77. The molecule has 0 aliphatic carbocycles. The molecule has 0 spiro atoms. The maximum Gasteiger partial charge on any atom is 0.0707 e. The van der Waals surface area contributed by atoms with Crippen LogP contribution in [0, 0.1) is 5.92 Å². The van der Waals surface area contributed by atoms with Crippen molar-refractivity contribution >= 4 is 0 Å². The summed E-state index contributed by atoms with van der Waals surface area (Å²) < 4.78 is 6.10. The van der Waals surface area contributed by atoms with Crippen molar-refractivity contribution in [1.29, 1.82) is 0 Å². The zero-order valence-corrected chi connectivity index (χ0v) is 11.5. The van der Waals surface area contributed by atoms with E-state index in [1.54, 1.807) is 0 Å². The van der Waals surface area contributed by atoms with E-state index in [0.29, 0.717) is 12.2 Å². The summed E-state index contributed by atoms with van der Waals surface area (Å²) in [7, 11) is 0. The van der Waals surface area contributed by atoms with Gasteiger partial charge in [0.05, 0.1) is 12.2 Å². The third-order valence-corrected chi connectivity index (χ3v) is 4.02. The van der Waals surface area contributed by atoms with Gasteiger partial charge >= 0.3 is 0 Å². The number of nitrogens with zero attached hydrogens (tertiary/aromatic N) is 1. The minimum Gasteiger partial charge on any atom is -0.372 e. The van der Waals surface area contributed by atoms with Gasteiger partial charge in [-0.05, 0) is 44.7 Å². The molecule has 3 heteroatoms. The van der Waals surface area contributed by atoms with Crippen LogP contribution >= 0.6 is 0 Å². The molecule has 0 aromatic carbocycles. The van der Waals surface area contributed by atoms with Gasteiger partial charge in [0.2, 0.25) is 0 Å². The monoisotopic (exact) mass is 240 g/mol. The molecule has 0 radical (unpaired) electrons. The van der Waals surface area contributed by atoms with Gasteiger partial charge in [-0.15, -0.1) is 0 Å². The summed E-state index contributed by atoms with van der Waals surface area (Å²) in [5.41, 5.74) is 0. The first kappa shape index (κ1) is 13.3. The van der Waals surface area contributed by atoms with Crippen molar-refractivity contribution in [3.05, 3.63) is 0 Å². The normalized spacial score (nSPS) is 35.3. The summed E-state index contributed by atoms with van der Waals surface area (Å²) in [6.45, 7) is 10.3. The Morgan fingerprint density at radius 1 is 1.24 bits per heavy atom. The summed E-state index contributed by atoms with van der Waals surface area (Å²) in [5, 5.41) is 3.38. The van der Waals surface area contributed by atoms with Crippen LogP contribution in [-0.2, 0) is 4.74 Å². The molecular weight excluding hydrogens is 212 g/mol. The minimum absolute atomic E-state index is 0.460. The summed E-state index contributed by atoms with van der Waals surface area (Å²) in [5.74, 6) is 0.878. The smallest absolute Gasteiger partial charge is 0.0707 e. The van der Waals surface area contributed by atoms with Crippen LogP contribution in [0.15, 0.2) is 0 Å². The van der Waals surface area contributed by atoms with Crippen molar-refractivity contribution in [2.45, 2.75) is 51.7 Å². The first-order valence-electron chi connectivity index (χ1n) is 7.36. The Labute approximate surface area is 106 Å². The fraction of sp³-hybridized carbons (Fsp3) is 1.00. The van der Waals surface area contributed by atoms with Gasteiger partial charge in [0.15, 0.2) is 0 Å². The molecule has 1 N–H and O–H groups in total. The second-order valence-electron chi connectivity index (χ2n) is 5.77. The van der Waals surface area contributed by atoms with Crippen molar-refractivity contribution in [3.63, 3.8) is 0 Å². The number of likely N-dealkylation sites (tertiary alicyclic amines) is 1. The van der Waals surface area contributed by atoms with E-state index in [1.807, 2.05) is 0 Å². The van der Waals surface area contributed by atoms with Crippen LogP contribution in [0.3, 0.4) is 0 Å². The summed E-state index contributed by atoms with van der Waals surface area (Å²) in [6, 6.07) is 0. The largest absolute Gasteiger partial charge is 0.372 e. The van der Waals surface area contributed by atoms with Crippen LogP contribution in [-0.4, -0.2) is 49.8 Å². The predicted octanol–water partition coefficient (Wildman–Crippen LogP) is 1.88. The molecule has 2 aliphatic heterocycles.